The van der Waals surface area contributed by atoms with E-state index in [1.54, 1.807) is 4.90 Å². The minimum absolute atomic E-state index is 0.159. The fraction of sp³-hybridized carbons (Fsp3) is 0.857. The number of halogens is 1. The van der Waals surface area contributed by atoms with E-state index in [1.165, 1.54) is 0 Å². The quantitative estimate of drug-likeness (QED) is 0.430. The first-order valence-electron chi connectivity index (χ1n) is 3.36. The lowest BCUT2D eigenvalue weighted by molar-refractivity contribution is 0.171. The molecule has 0 aromatic heterocycles. The van der Waals surface area contributed by atoms with E-state index in [-0.39, 0.29) is 10.9 Å². The summed E-state index contributed by atoms with van der Waals surface area (Å²) in [5, 5.41) is -0.380. The van der Waals surface area contributed by atoms with Crippen LogP contribution in [0.15, 0.2) is 0 Å². The summed E-state index contributed by atoms with van der Waals surface area (Å²) in [7, 11) is 0. The van der Waals surface area contributed by atoms with Crippen molar-refractivity contribution < 1.29 is 4.79 Å². The molecule has 2 nitrogen and oxygen atoms in total. The lowest BCUT2D eigenvalue weighted by Gasteiger charge is -2.32. The molecule has 3 heteroatoms. The van der Waals surface area contributed by atoms with Crippen molar-refractivity contribution in [2.45, 2.75) is 33.2 Å². The molecule has 0 aliphatic rings. The smallest absolute Gasteiger partial charge is 0.316 e. The van der Waals surface area contributed by atoms with Gasteiger partial charge >= 0.3 is 5.37 Å². The van der Waals surface area contributed by atoms with Gasteiger partial charge in [0, 0.05) is 12.1 Å². The number of amides is 1. The van der Waals surface area contributed by atoms with Gasteiger partial charge in [-0.05, 0) is 39.3 Å². The summed E-state index contributed by atoms with van der Waals surface area (Å²) in [5.74, 6) is 0. The molecular weight excluding hydrogens is 150 g/mol. The van der Waals surface area contributed by atoms with E-state index >= 15 is 0 Å². The minimum atomic E-state index is -0.380. The van der Waals surface area contributed by atoms with Gasteiger partial charge in [0.25, 0.3) is 0 Å². The van der Waals surface area contributed by atoms with Crippen molar-refractivity contribution in [3.63, 3.8) is 0 Å². The summed E-state index contributed by atoms with van der Waals surface area (Å²) in [6, 6.07) is 0. The molecule has 10 heavy (non-hydrogen) atoms. The Bertz CT molecular complexity index is 128. The lowest BCUT2D eigenvalue weighted by atomic mass is 10.1. The maximum Gasteiger partial charge on any atom is 0.316 e. The van der Waals surface area contributed by atoms with E-state index in [4.69, 9.17) is 11.6 Å². The van der Waals surface area contributed by atoms with Gasteiger partial charge in [-0.2, -0.15) is 0 Å². The second kappa shape index (κ2) is 3.24. The minimum Gasteiger partial charge on any atom is -0.325 e. The number of nitrogens with zero attached hydrogens (tertiary/aromatic N) is 1. The summed E-state index contributed by atoms with van der Waals surface area (Å²) >= 11 is 5.32. The SMILES string of the molecule is CCN(C(=O)Cl)C(C)(C)C. The molecule has 0 aromatic rings. The van der Waals surface area contributed by atoms with E-state index in [9.17, 15) is 4.79 Å². The number of rotatable bonds is 1. The van der Waals surface area contributed by atoms with Gasteiger partial charge in [-0.25, -0.2) is 0 Å². The number of hydrogen-bond donors (Lipinski definition) is 0. The highest BCUT2D eigenvalue weighted by atomic mass is 35.5. The Morgan fingerprint density at radius 1 is 1.50 bits per heavy atom. The topological polar surface area (TPSA) is 20.3 Å². The van der Waals surface area contributed by atoms with Crippen molar-refractivity contribution in [1.29, 1.82) is 0 Å². The molecule has 0 saturated heterocycles. The molecule has 1 amide bonds. The highest BCUT2D eigenvalue weighted by Gasteiger charge is 2.22. The maximum atomic E-state index is 10.7. The van der Waals surface area contributed by atoms with Gasteiger partial charge in [0.15, 0.2) is 0 Å². The van der Waals surface area contributed by atoms with Crippen molar-refractivity contribution in [2.24, 2.45) is 0 Å². The molecule has 0 spiro atoms. The zero-order valence-corrected chi connectivity index (χ0v) is 7.70. The van der Waals surface area contributed by atoms with Crippen molar-refractivity contribution in [3.8, 4) is 0 Å². The average molecular weight is 164 g/mol. The molecule has 0 atom stereocenters. The molecular formula is C7H14ClNO. The summed E-state index contributed by atoms with van der Waals surface area (Å²) in [5.41, 5.74) is -0.159. The van der Waals surface area contributed by atoms with Crippen LogP contribution in [0.25, 0.3) is 0 Å². The predicted octanol–water partition coefficient (Wildman–Crippen LogP) is 2.47. The van der Waals surface area contributed by atoms with Crippen LogP contribution in [-0.2, 0) is 0 Å². The zero-order chi connectivity index (χ0) is 8.36. The summed E-state index contributed by atoms with van der Waals surface area (Å²) in [6.07, 6.45) is 0. The molecule has 0 unspecified atom stereocenters. The summed E-state index contributed by atoms with van der Waals surface area (Å²) in [4.78, 5) is 12.3. The van der Waals surface area contributed by atoms with Crippen LogP contribution < -0.4 is 0 Å². The molecule has 0 heterocycles. The Morgan fingerprint density at radius 2 is 1.90 bits per heavy atom. The second-order valence-electron chi connectivity index (χ2n) is 3.17. The van der Waals surface area contributed by atoms with E-state index in [0.29, 0.717) is 6.54 Å². The standard InChI is InChI=1S/C7H14ClNO/c1-5-9(6(8)10)7(2,3)4/h5H2,1-4H3. The first-order chi connectivity index (χ1) is 4.39. The third-order valence-electron chi connectivity index (χ3n) is 1.34. The Hall–Kier alpha value is -0.240. The van der Waals surface area contributed by atoms with Crippen LogP contribution in [0.3, 0.4) is 0 Å². The normalized spacial score (nSPS) is 11.3. The largest absolute Gasteiger partial charge is 0.325 e. The molecule has 60 valence electrons. The third-order valence-corrected chi connectivity index (χ3v) is 1.54. The fourth-order valence-corrected chi connectivity index (χ4v) is 1.24. The Kier molecular flexibility index (Phi) is 3.16. The molecule has 0 aromatic carbocycles. The van der Waals surface area contributed by atoms with Crippen molar-refractivity contribution >= 4 is 17.0 Å². The zero-order valence-electron chi connectivity index (χ0n) is 6.94. The van der Waals surface area contributed by atoms with Crippen LogP contribution in [0.4, 0.5) is 4.79 Å². The van der Waals surface area contributed by atoms with Crippen LogP contribution in [0.2, 0.25) is 0 Å². The number of hydrogen-bond acceptors (Lipinski definition) is 1. The molecule has 0 rings (SSSR count). The molecule has 0 radical (unpaired) electrons. The van der Waals surface area contributed by atoms with Crippen molar-refractivity contribution in [2.75, 3.05) is 6.54 Å². The molecule has 0 aliphatic carbocycles. The Labute approximate surface area is 67.2 Å². The molecule has 0 N–H and O–H groups in total. The molecule has 0 saturated carbocycles. The second-order valence-corrected chi connectivity index (χ2v) is 3.49. The van der Waals surface area contributed by atoms with Crippen LogP contribution >= 0.6 is 11.6 Å². The predicted molar refractivity (Wildman–Crippen MR) is 43.4 cm³/mol. The van der Waals surface area contributed by atoms with Crippen LogP contribution in [0.1, 0.15) is 27.7 Å². The summed E-state index contributed by atoms with van der Waals surface area (Å²) in [6.45, 7) is 8.43. The Balaban J connectivity index is 4.22. The van der Waals surface area contributed by atoms with Crippen LogP contribution in [-0.4, -0.2) is 22.3 Å². The van der Waals surface area contributed by atoms with Gasteiger partial charge in [0.2, 0.25) is 0 Å². The van der Waals surface area contributed by atoms with Crippen molar-refractivity contribution in [3.05, 3.63) is 0 Å². The summed E-state index contributed by atoms with van der Waals surface area (Å²) < 4.78 is 0. The van der Waals surface area contributed by atoms with E-state index in [2.05, 4.69) is 0 Å². The van der Waals surface area contributed by atoms with E-state index < -0.39 is 0 Å². The first-order valence-corrected chi connectivity index (χ1v) is 3.74. The number of carbonyl (C=O) groups excluding carboxylic acids is 1. The van der Waals surface area contributed by atoms with Gasteiger partial charge in [-0.3, -0.25) is 4.79 Å². The fourth-order valence-electron chi connectivity index (χ4n) is 0.862. The highest BCUT2D eigenvalue weighted by Crippen LogP contribution is 2.14. The Morgan fingerprint density at radius 3 is 1.90 bits per heavy atom. The van der Waals surface area contributed by atoms with Crippen LogP contribution in [0, 0.1) is 0 Å². The van der Waals surface area contributed by atoms with Gasteiger partial charge < -0.3 is 4.90 Å². The average Bonchev–Trinajstić information content (AvgIpc) is 1.60. The van der Waals surface area contributed by atoms with E-state index in [0.717, 1.165) is 0 Å². The third kappa shape index (κ3) is 2.56. The van der Waals surface area contributed by atoms with E-state index in [1.807, 2.05) is 27.7 Å². The molecule has 0 aliphatic heterocycles. The lowest BCUT2D eigenvalue weighted by Crippen LogP contribution is -2.42. The van der Waals surface area contributed by atoms with Gasteiger partial charge in [0.1, 0.15) is 0 Å². The van der Waals surface area contributed by atoms with Gasteiger partial charge in [-0.15, -0.1) is 0 Å². The highest BCUT2D eigenvalue weighted by molar-refractivity contribution is 6.62. The van der Waals surface area contributed by atoms with Crippen molar-refractivity contribution in [1.82, 2.24) is 4.90 Å². The van der Waals surface area contributed by atoms with Crippen LogP contribution in [0.5, 0.6) is 0 Å². The number of carbonyl (C=O) groups is 1. The first kappa shape index (κ1) is 9.76. The van der Waals surface area contributed by atoms with Gasteiger partial charge in [-0.1, -0.05) is 0 Å². The molecule has 0 bridgehead atoms. The molecule has 0 fully saturated rings. The van der Waals surface area contributed by atoms with Gasteiger partial charge in [0.05, 0.1) is 0 Å². The monoisotopic (exact) mass is 163 g/mol. The maximum absolute atomic E-state index is 10.7.